The quantitative estimate of drug-likeness (QED) is 0.751. The van der Waals surface area contributed by atoms with Crippen LogP contribution in [0.25, 0.3) is 0 Å². The number of hydrogen-bond acceptors (Lipinski definition) is 4. The third-order valence-corrected chi connectivity index (χ3v) is 4.53. The molecule has 0 aliphatic carbocycles. The van der Waals surface area contributed by atoms with Crippen molar-refractivity contribution in [3.8, 4) is 0 Å². The van der Waals surface area contributed by atoms with E-state index in [2.05, 4.69) is 30.2 Å². The van der Waals surface area contributed by atoms with E-state index in [9.17, 15) is 4.79 Å². The molecule has 20 heavy (non-hydrogen) atoms. The molecule has 0 aromatic carbocycles. The molecule has 2 N–H and O–H groups in total. The molecule has 2 heterocycles. The lowest BCUT2D eigenvalue weighted by Crippen LogP contribution is -2.49. The number of thiophene rings is 1. The second kappa shape index (κ2) is 7.02. The predicted molar refractivity (Wildman–Crippen MR) is 83.8 cm³/mol. The Hall–Kier alpha value is -1.17. The monoisotopic (exact) mass is 293 g/mol. The molecule has 1 saturated heterocycles. The summed E-state index contributed by atoms with van der Waals surface area (Å²) in [5, 5.41) is 8.75. The van der Waals surface area contributed by atoms with Gasteiger partial charge in [0, 0.05) is 23.5 Å². The number of rotatable bonds is 7. The summed E-state index contributed by atoms with van der Waals surface area (Å²) in [5.74, 6) is 0.131. The molecule has 2 rings (SSSR count). The average molecular weight is 293 g/mol. The number of carbonyl (C=O) groups excluding carboxylic acids is 1. The molecular weight excluding hydrogens is 270 g/mol. The van der Waals surface area contributed by atoms with Crippen LogP contribution >= 0.6 is 11.3 Å². The van der Waals surface area contributed by atoms with Crippen molar-refractivity contribution in [3.63, 3.8) is 0 Å². The van der Waals surface area contributed by atoms with Crippen LogP contribution in [-0.2, 0) is 11.3 Å². The van der Waals surface area contributed by atoms with Crippen LogP contribution in [0.5, 0.6) is 0 Å². The second-order valence-electron chi connectivity index (χ2n) is 5.48. The number of hydrogen-bond donors (Lipinski definition) is 2. The van der Waals surface area contributed by atoms with Crippen molar-refractivity contribution in [2.75, 3.05) is 26.2 Å². The summed E-state index contributed by atoms with van der Waals surface area (Å²) in [6.45, 7) is 9.49. The lowest BCUT2D eigenvalue weighted by atomic mass is 10.0. The van der Waals surface area contributed by atoms with Crippen molar-refractivity contribution in [1.29, 1.82) is 0 Å². The summed E-state index contributed by atoms with van der Waals surface area (Å²) in [5.41, 5.74) is 0.0401. The molecule has 0 spiro atoms. The number of carbonyl (C=O) groups is 1. The van der Waals surface area contributed by atoms with Crippen molar-refractivity contribution in [1.82, 2.24) is 15.5 Å². The average Bonchev–Trinajstić information content (AvgIpc) is 3.08. The molecule has 1 aromatic rings. The number of nitrogens with zero attached hydrogens (tertiary/aromatic N) is 1. The first kappa shape index (κ1) is 15.2. The van der Waals surface area contributed by atoms with Gasteiger partial charge in [-0.3, -0.25) is 4.79 Å². The molecule has 5 heteroatoms. The van der Waals surface area contributed by atoms with Gasteiger partial charge in [0.1, 0.15) is 0 Å². The van der Waals surface area contributed by atoms with Crippen molar-refractivity contribution in [2.45, 2.75) is 25.4 Å². The second-order valence-corrected chi connectivity index (χ2v) is 6.52. The molecule has 1 fully saturated rings. The van der Waals surface area contributed by atoms with Crippen LogP contribution in [0.15, 0.2) is 30.2 Å². The van der Waals surface area contributed by atoms with Crippen molar-refractivity contribution in [2.24, 2.45) is 0 Å². The fraction of sp³-hybridized carbons (Fsp3) is 0.533. The first-order valence-corrected chi connectivity index (χ1v) is 7.88. The zero-order chi connectivity index (χ0) is 14.4. The first-order valence-electron chi connectivity index (χ1n) is 7.00. The van der Waals surface area contributed by atoms with Crippen LogP contribution in [-0.4, -0.2) is 42.5 Å². The highest BCUT2D eigenvalue weighted by Gasteiger charge is 2.28. The van der Waals surface area contributed by atoms with E-state index in [0.29, 0.717) is 19.6 Å². The molecule has 110 valence electrons. The van der Waals surface area contributed by atoms with Gasteiger partial charge in [0.2, 0.25) is 5.91 Å². The van der Waals surface area contributed by atoms with Gasteiger partial charge < -0.3 is 15.5 Å². The molecule has 1 amide bonds. The van der Waals surface area contributed by atoms with Crippen molar-refractivity contribution < 1.29 is 4.79 Å². The zero-order valence-corrected chi connectivity index (χ0v) is 12.8. The van der Waals surface area contributed by atoms with Crippen LogP contribution in [0.4, 0.5) is 0 Å². The lowest BCUT2D eigenvalue weighted by Gasteiger charge is -2.27. The van der Waals surface area contributed by atoms with Gasteiger partial charge >= 0.3 is 0 Å². The van der Waals surface area contributed by atoms with E-state index in [0.717, 1.165) is 19.5 Å². The van der Waals surface area contributed by atoms with E-state index < -0.39 is 0 Å². The molecule has 0 radical (unpaired) electrons. The van der Waals surface area contributed by atoms with E-state index in [4.69, 9.17) is 0 Å². The minimum absolute atomic E-state index is 0.0401. The van der Waals surface area contributed by atoms with Gasteiger partial charge in [-0.15, -0.1) is 17.9 Å². The summed E-state index contributed by atoms with van der Waals surface area (Å²) in [6.07, 6.45) is 2.84. The molecule has 4 nitrogen and oxygen atoms in total. The molecule has 0 bridgehead atoms. The predicted octanol–water partition coefficient (Wildman–Crippen LogP) is 1.60. The van der Waals surface area contributed by atoms with Gasteiger partial charge in [0.15, 0.2) is 0 Å². The summed E-state index contributed by atoms with van der Waals surface area (Å²) >= 11 is 1.68. The van der Waals surface area contributed by atoms with Crippen LogP contribution < -0.4 is 10.6 Å². The molecule has 1 unspecified atom stereocenters. The number of amides is 1. The Bertz CT molecular complexity index is 438. The minimum atomic E-state index is 0.0401. The summed E-state index contributed by atoms with van der Waals surface area (Å²) in [7, 11) is 0. The topological polar surface area (TPSA) is 44.4 Å². The summed E-state index contributed by atoms with van der Waals surface area (Å²) in [4.78, 5) is 15.4. The Morgan fingerprint density at radius 2 is 2.55 bits per heavy atom. The van der Waals surface area contributed by atoms with Crippen LogP contribution in [0.3, 0.4) is 0 Å². The van der Waals surface area contributed by atoms with Gasteiger partial charge in [-0.1, -0.05) is 12.1 Å². The molecule has 1 aliphatic rings. The summed E-state index contributed by atoms with van der Waals surface area (Å²) < 4.78 is 0. The standard InChI is InChI=1S/C15H23N3OS/c1-3-8-18(11-13-5-4-9-20-13)14(19)10-17-15(2)6-7-16-12-15/h3-5,9,16-17H,1,6-8,10-12H2,2H3. The van der Waals surface area contributed by atoms with E-state index in [1.54, 1.807) is 17.4 Å². The van der Waals surface area contributed by atoms with E-state index in [-0.39, 0.29) is 11.4 Å². The third-order valence-electron chi connectivity index (χ3n) is 3.66. The van der Waals surface area contributed by atoms with Crippen LogP contribution in [0, 0.1) is 0 Å². The van der Waals surface area contributed by atoms with Gasteiger partial charge in [0.25, 0.3) is 0 Å². The Balaban J connectivity index is 1.87. The van der Waals surface area contributed by atoms with Gasteiger partial charge in [-0.2, -0.15) is 0 Å². The number of nitrogens with one attached hydrogen (secondary N) is 2. The SMILES string of the molecule is C=CCN(Cc1cccs1)C(=O)CNC1(C)CCNC1. The first-order chi connectivity index (χ1) is 9.63. The Labute approximate surface area is 124 Å². The zero-order valence-electron chi connectivity index (χ0n) is 12.0. The molecule has 1 atom stereocenters. The Kier molecular flexibility index (Phi) is 5.34. The highest BCUT2D eigenvalue weighted by molar-refractivity contribution is 7.09. The Morgan fingerprint density at radius 3 is 3.15 bits per heavy atom. The fourth-order valence-corrected chi connectivity index (χ4v) is 3.09. The van der Waals surface area contributed by atoms with Gasteiger partial charge in [-0.05, 0) is 31.3 Å². The largest absolute Gasteiger partial charge is 0.333 e. The maximum Gasteiger partial charge on any atom is 0.237 e. The van der Waals surface area contributed by atoms with Gasteiger partial charge in [-0.25, -0.2) is 0 Å². The van der Waals surface area contributed by atoms with Crippen LogP contribution in [0.2, 0.25) is 0 Å². The van der Waals surface area contributed by atoms with Gasteiger partial charge in [0.05, 0.1) is 13.1 Å². The van der Waals surface area contributed by atoms with Crippen molar-refractivity contribution in [3.05, 3.63) is 35.0 Å². The fourth-order valence-electron chi connectivity index (χ4n) is 2.37. The lowest BCUT2D eigenvalue weighted by molar-refractivity contribution is -0.130. The molecule has 1 aliphatic heterocycles. The van der Waals surface area contributed by atoms with E-state index >= 15 is 0 Å². The van der Waals surface area contributed by atoms with E-state index in [1.165, 1.54) is 4.88 Å². The highest BCUT2D eigenvalue weighted by Crippen LogP contribution is 2.14. The van der Waals surface area contributed by atoms with E-state index in [1.807, 2.05) is 16.3 Å². The Morgan fingerprint density at radius 1 is 1.70 bits per heavy atom. The van der Waals surface area contributed by atoms with Crippen molar-refractivity contribution >= 4 is 17.2 Å². The normalized spacial score (nSPS) is 21.9. The minimum Gasteiger partial charge on any atom is -0.333 e. The molecule has 1 aromatic heterocycles. The van der Waals surface area contributed by atoms with Crippen LogP contribution in [0.1, 0.15) is 18.2 Å². The maximum absolute atomic E-state index is 12.4. The molecule has 0 saturated carbocycles. The third kappa shape index (κ3) is 4.16. The smallest absolute Gasteiger partial charge is 0.237 e. The highest BCUT2D eigenvalue weighted by atomic mass is 32.1. The molecular formula is C15H23N3OS. The summed E-state index contributed by atoms with van der Waals surface area (Å²) in [6, 6.07) is 4.07. The maximum atomic E-state index is 12.4.